The summed E-state index contributed by atoms with van der Waals surface area (Å²) in [6, 6.07) is 19.0. The zero-order chi connectivity index (χ0) is 24.1. The first kappa shape index (κ1) is 23.4. The minimum atomic E-state index is -0.309. The lowest BCUT2D eigenvalue weighted by atomic mass is 9.98. The second-order valence-corrected chi connectivity index (χ2v) is 8.53. The van der Waals surface area contributed by atoms with Gasteiger partial charge in [0.15, 0.2) is 0 Å². The standard InChI is InChI=1S/C27H29N3O4/c1-3-34-27(33)20-12-9-15-30(17-20)25(31)18-29(2)26(32)22-16-24(19-10-5-4-6-11-19)28-23-14-8-7-13-21(22)23/h4-8,10-11,13-14,16,20H,3,9,12,15,17-18H2,1-2H3. The first-order chi connectivity index (χ1) is 16.5. The number of aromatic nitrogens is 1. The molecule has 0 spiro atoms. The quantitative estimate of drug-likeness (QED) is 0.524. The predicted octanol–water partition coefficient (Wildman–Crippen LogP) is 3.78. The maximum atomic E-state index is 13.5. The third-order valence-corrected chi connectivity index (χ3v) is 6.13. The molecule has 1 saturated heterocycles. The molecule has 176 valence electrons. The summed E-state index contributed by atoms with van der Waals surface area (Å²) in [6.07, 6.45) is 1.45. The highest BCUT2D eigenvalue weighted by molar-refractivity contribution is 6.07. The van der Waals surface area contributed by atoms with Gasteiger partial charge >= 0.3 is 5.97 Å². The van der Waals surface area contributed by atoms with Crippen LogP contribution in [0.2, 0.25) is 0 Å². The Kier molecular flexibility index (Phi) is 7.21. The SMILES string of the molecule is CCOC(=O)C1CCCN(C(=O)CN(C)C(=O)c2cc(-c3ccccc3)nc3ccccc23)C1. The summed E-state index contributed by atoms with van der Waals surface area (Å²) in [5, 5.41) is 0.742. The molecule has 1 aliphatic rings. The summed E-state index contributed by atoms with van der Waals surface area (Å²) in [4.78, 5) is 46.4. The van der Waals surface area contributed by atoms with Crippen molar-refractivity contribution in [2.75, 3.05) is 33.3 Å². The van der Waals surface area contributed by atoms with Crippen molar-refractivity contribution >= 4 is 28.7 Å². The van der Waals surface area contributed by atoms with Crippen molar-refractivity contribution in [3.05, 3.63) is 66.2 Å². The summed E-state index contributed by atoms with van der Waals surface area (Å²) in [5.74, 6) is -0.994. The number of carbonyl (C=O) groups excluding carboxylic acids is 3. The van der Waals surface area contributed by atoms with Gasteiger partial charge in [-0.3, -0.25) is 14.4 Å². The molecule has 4 rings (SSSR count). The molecule has 0 radical (unpaired) electrons. The molecule has 2 heterocycles. The maximum absolute atomic E-state index is 13.5. The van der Waals surface area contributed by atoms with Gasteiger partial charge in [-0.1, -0.05) is 48.5 Å². The van der Waals surface area contributed by atoms with Crippen LogP contribution in [0.3, 0.4) is 0 Å². The summed E-state index contributed by atoms with van der Waals surface area (Å²) in [5.41, 5.74) is 2.85. The molecular formula is C27H29N3O4. The monoisotopic (exact) mass is 459 g/mol. The number of likely N-dealkylation sites (N-methyl/N-ethyl adjacent to an activating group) is 1. The van der Waals surface area contributed by atoms with Crippen LogP contribution in [0.1, 0.15) is 30.1 Å². The van der Waals surface area contributed by atoms with Crippen molar-refractivity contribution < 1.29 is 19.1 Å². The number of benzene rings is 2. The lowest BCUT2D eigenvalue weighted by Gasteiger charge is -2.32. The number of hydrogen-bond donors (Lipinski definition) is 0. The van der Waals surface area contributed by atoms with Crippen molar-refractivity contribution in [1.29, 1.82) is 0 Å². The second-order valence-electron chi connectivity index (χ2n) is 8.53. The molecule has 1 unspecified atom stereocenters. The van der Waals surface area contributed by atoms with Gasteiger partial charge in [-0.05, 0) is 31.9 Å². The molecule has 2 aromatic carbocycles. The number of likely N-dealkylation sites (tertiary alicyclic amines) is 1. The molecular weight excluding hydrogens is 430 g/mol. The largest absolute Gasteiger partial charge is 0.466 e. The van der Waals surface area contributed by atoms with E-state index in [0.717, 1.165) is 22.9 Å². The van der Waals surface area contributed by atoms with Crippen LogP contribution in [-0.2, 0) is 14.3 Å². The van der Waals surface area contributed by atoms with Gasteiger partial charge in [0.1, 0.15) is 0 Å². The molecule has 1 atom stereocenters. The van der Waals surface area contributed by atoms with E-state index in [1.165, 1.54) is 4.90 Å². The molecule has 0 N–H and O–H groups in total. The van der Waals surface area contributed by atoms with Crippen LogP contribution in [0, 0.1) is 5.92 Å². The summed E-state index contributed by atoms with van der Waals surface area (Å²) in [6.45, 7) is 2.94. The van der Waals surface area contributed by atoms with E-state index in [0.29, 0.717) is 37.4 Å². The third-order valence-electron chi connectivity index (χ3n) is 6.13. The Labute approximate surface area is 199 Å². The molecule has 7 nitrogen and oxygen atoms in total. The van der Waals surface area contributed by atoms with Crippen LogP contribution in [0.5, 0.6) is 0 Å². The number of pyridine rings is 1. The Morgan fingerprint density at radius 3 is 2.59 bits per heavy atom. The van der Waals surface area contributed by atoms with Gasteiger partial charge in [-0.2, -0.15) is 0 Å². The lowest BCUT2D eigenvalue weighted by molar-refractivity contribution is -0.151. The first-order valence-electron chi connectivity index (χ1n) is 11.6. The zero-order valence-electron chi connectivity index (χ0n) is 19.6. The number of rotatable bonds is 6. The van der Waals surface area contributed by atoms with E-state index in [2.05, 4.69) is 0 Å². The van der Waals surface area contributed by atoms with Crippen molar-refractivity contribution in [3.63, 3.8) is 0 Å². The molecule has 34 heavy (non-hydrogen) atoms. The molecule has 7 heteroatoms. The van der Waals surface area contributed by atoms with E-state index in [1.807, 2.05) is 54.6 Å². The van der Waals surface area contributed by atoms with Crippen molar-refractivity contribution in [2.24, 2.45) is 5.92 Å². The number of piperidine rings is 1. The molecule has 1 aliphatic heterocycles. The van der Waals surface area contributed by atoms with E-state index in [-0.39, 0.29) is 30.2 Å². The highest BCUT2D eigenvalue weighted by Crippen LogP contribution is 2.26. The Bertz CT molecular complexity index is 1190. The van der Waals surface area contributed by atoms with Gasteiger partial charge in [-0.25, -0.2) is 4.98 Å². The minimum absolute atomic E-state index is 0.0638. The van der Waals surface area contributed by atoms with Crippen molar-refractivity contribution in [2.45, 2.75) is 19.8 Å². The summed E-state index contributed by atoms with van der Waals surface area (Å²) < 4.78 is 5.13. The van der Waals surface area contributed by atoms with E-state index in [1.54, 1.807) is 24.9 Å². The first-order valence-corrected chi connectivity index (χ1v) is 11.6. The van der Waals surface area contributed by atoms with Crippen LogP contribution in [-0.4, -0.2) is 65.9 Å². The van der Waals surface area contributed by atoms with Crippen molar-refractivity contribution in [1.82, 2.24) is 14.8 Å². The minimum Gasteiger partial charge on any atom is -0.466 e. The number of fused-ring (bicyclic) bond motifs is 1. The molecule has 1 aromatic heterocycles. The topological polar surface area (TPSA) is 79.8 Å². The Morgan fingerprint density at radius 2 is 1.82 bits per heavy atom. The predicted molar refractivity (Wildman–Crippen MR) is 130 cm³/mol. The molecule has 2 amide bonds. The Morgan fingerprint density at radius 1 is 1.09 bits per heavy atom. The van der Waals surface area contributed by atoms with Gasteiger partial charge in [0.05, 0.1) is 35.8 Å². The van der Waals surface area contributed by atoms with Crippen LogP contribution in [0.4, 0.5) is 0 Å². The lowest BCUT2D eigenvalue weighted by Crippen LogP contribution is -2.47. The van der Waals surface area contributed by atoms with Gasteiger partial charge in [0.2, 0.25) is 5.91 Å². The zero-order valence-corrected chi connectivity index (χ0v) is 19.6. The van der Waals surface area contributed by atoms with Crippen LogP contribution in [0.15, 0.2) is 60.7 Å². The van der Waals surface area contributed by atoms with E-state index in [4.69, 9.17) is 9.72 Å². The number of para-hydroxylation sites is 1. The fraction of sp³-hybridized carbons (Fsp3) is 0.333. The molecule has 3 aromatic rings. The van der Waals surface area contributed by atoms with Gasteiger partial charge in [-0.15, -0.1) is 0 Å². The third kappa shape index (κ3) is 5.09. The van der Waals surface area contributed by atoms with Crippen LogP contribution >= 0.6 is 0 Å². The molecule has 0 bridgehead atoms. The van der Waals surface area contributed by atoms with Crippen LogP contribution in [0.25, 0.3) is 22.2 Å². The average molecular weight is 460 g/mol. The van der Waals surface area contributed by atoms with E-state index >= 15 is 0 Å². The Hall–Kier alpha value is -3.74. The average Bonchev–Trinajstić information content (AvgIpc) is 2.88. The number of nitrogens with zero attached hydrogens (tertiary/aromatic N) is 3. The number of hydrogen-bond acceptors (Lipinski definition) is 5. The van der Waals surface area contributed by atoms with E-state index < -0.39 is 0 Å². The number of carbonyl (C=O) groups is 3. The van der Waals surface area contributed by atoms with Gasteiger partial charge < -0.3 is 14.5 Å². The Balaban J connectivity index is 1.54. The summed E-state index contributed by atoms with van der Waals surface area (Å²) in [7, 11) is 1.63. The molecule has 0 aliphatic carbocycles. The molecule has 0 saturated carbocycles. The highest BCUT2D eigenvalue weighted by Gasteiger charge is 2.30. The fourth-order valence-electron chi connectivity index (χ4n) is 4.35. The van der Waals surface area contributed by atoms with Crippen molar-refractivity contribution in [3.8, 4) is 11.3 Å². The second kappa shape index (κ2) is 10.5. The summed E-state index contributed by atoms with van der Waals surface area (Å²) >= 11 is 0. The van der Waals surface area contributed by atoms with Gasteiger partial charge in [0, 0.05) is 31.1 Å². The fourth-order valence-corrected chi connectivity index (χ4v) is 4.35. The highest BCUT2D eigenvalue weighted by atomic mass is 16.5. The maximum Gasteiger partial charge on any atom is 0.310 e. The molecule has 1 fully saturated rings. The number of amides is 2. The number of ether oxygens (including phenoxy) is 1. The van der Waals surface area contributed by atoms with E-state index in [9.17, 15) is 14.4 Å². The number of esters is 1. The smallest absolute Gasteiger partial charge is 0.310 e. The normalized spacial score (nSPS) is 15.7. The van der Waals surface area contributed by atoms with Gasteiger partial charge in [0.25, 0.3) is 5.91 Å². The van der Waals surface area contributed by atoms with Crippen LogP contribution < -0.4 is 0 Å².